The molecule has 2 aliphatic rings. The van der Waals surface area contributed by atoms with Crippen LogP contribution in [0.2, 0.25) is 0 Å². The van der Waals surface area contributed by atoms with Gasteiger partial charge in [0.1, 0.15) is 6.10 Å². The van der Waals surface area contributed by atoms with Crippen molar-refractivity contribution >= 4 is 18.0 Å². The minimum absolute atomic E-state index is 0.0727. The van der Waals surface area contributed by atoms with Crippen LogP contribution in [-0.2, 0) is 19.1 Å². The topological polar surface area (TPSA) is 114 Å². The SMILES string of the molecule is COC(=O)N[C@@H]1C=C[C@@H]2/C=C(C)\C=C/[C@@H](C)[C@H]([C@H](C)[C@H](O)[C@@H](C)NC(C)=O)OC(=O)\C=C/C=C(C)\C=C/[C@]2(C)C1. The van der Waals surface area contributed by atoms with Crippen LogP contribution >= 0.6 is 0 Å². The van der Waals surface area contributed by atoms with E-state index >= 15 is 0 Å². The third kappa shape index (κ3) is 9.66. The number of esters is 1. The van der Waals surface area contributed by atoms with Gasteiger partial charge in [-0.1, -0.05) is 86.6 Å². The number of nitrogens with one attached hydrogen (secondary N) is 2. The molecular formula is C32H46N2O6. The summed E-state index contributed by atoms with van der Waals surface area (Å²) in [4.78, 5) is 36.2. The van der Waals surface area contributed by atoms with Crippen LogP contribution < -0.4 is 10.6 Å². The first kappa shape index (κ1) is 32.8. The average molecular weight is 555 g/mol. The highest BCUT2D eigenvalue weighted by Gasteiger charge is 2.36. The molecule has 1 heterocycles. The number of hydrogen-bond acceptors (Lipinski definition) is 6. The summed E-state index contributed by atoms with van der Waals surface area (Å²) in [5.74, 6) is -1.35. The van der Waals surface area contributed by atoms with Crippen molar-refractivity contribution in [2.45, 2.75) is 79.2 Å². The molecule has 2 rings (SSSR count). The van der Waals surface area contributed by atoms with Gasteiger partial charge in [-0.25, -0.2) is 9.59 Å². The summed E-state index contributed by atoms with van der Waals surface area (Å²) in [6.07, 6.45) is 18.0. The number of alkyl carbamates (subject to hydrolysis) is 1. The lowest BCUT2D eigenvalue weighted by atomic mass is 9.68. The maximum atomic E-state index is 12.8. The largest absolute Gasteiger partial charge is 0.458 e. The first-order valence-corrected chi connectivity index (χ1v) is 13.8. The normalized spacial score (nSPS) is 34.7. The van der Waals surface area contributed by atoms with Crippen LogP contribution in [0.5, 0.6) is 0 Å². The highest BCUT2D eigenvalue weighted by molar-refractivity contribution is 5.82. The van der Waals surface area contributed by atoms with Crippen LogP contribution in [0.3, 0.4) is 0 Å². The fourth-order valence-corrected chi connectivity index (χ4v) is 5.22. The Morgan fingerprint density at radius 1 is 1.12 bits per heavy atom. The molecule has 220 valence electrons. The highest BCUT2D eigenvalue weighted by Crippen LogP contribution is 2.41. The maximum absolute atomic E-state index is 12.8. The monoisotopic (exact) mass is 554 g/mol. The molecule has 2 amide bonds. The van der Waals surface area contributed by atoms with Gasteiger partial charge >= 0.3 is 12.1 Å². The summed E-state index contributed by atoms with van der Waals surface area (Å²) < 4.78 is 10.6. The van der Waals surface area contributed by atoms with Crippen LogP contribution in [0.1, 0.15) is 54.9 Å². The van der Waals surface area contributed by atoms with Crippen molar-refractivity contribution in [2.75, 3.05) is 7.11 Å². The van der Waals surface area contributed by atoms with Crippen LogP contribution in [-0.4, -0.2) is 54.5 Å². The number of methoxy groups -OCH3 is 1. The van der Waals surface area contributed by atoms with Gasteiger partial charge in [0.25, 0.3) is 0 Å². The number of fused-ring (bicyclic) bond motifs is 1. The number of aliphatic hydroxyl groups is 1. The lowest BCUT2D eigenvalue weighted by molar-refractivity contribution is -0.151. The Morgan fingerprint density at radius 2 is 1.82 bits per heavy atom. The second-order valence-electron chi connectivity index (χ2n) is 11.3. The molecule has 0 saturated carbocycles. The third-order valence-electron chi connectivity index (χ3n) is 7.65. The minimum Gasteiger partial charge on any atom is -0.458 e. The molecule has 1 aliphatic heterocycles. The zero-order valence-corrected chi connectivity index (χ0v) is 25.0. The highest BCUT2D eigenvalue weighted by atomic mass is 16.5. The van der Waals surface area contributed by atoms with E-state index in [9.17, 15) is 19.5 Å². The summed E-state index contributed by atoms with van der Waals surface area (Å²) in [6.45, 7) is 13.0. The van der Waals surface area contributed by atoms with Gasteiger partial charge in [-0.3, -0.25) is 4.79 Å². The van der Waals surface area contributed by atoms with Gasteiger partial charge in [-0.2, -0.15) is 0 Å². The number of ether oxygens (including phenoxy) is 2. The Bertz CT molecular complexity index is 1100. The minimum atomic E-state index is -0.921. The number of amides is 2. The Hall–Kier alpha value is -3.39. The second-order valence-corrected chi connectivity index (χ2v) is 11.3. The molecule has 0 bridgehead atoms. The van der Waals surface area contributed by atoms with Gasteiger partial charge in [0, 0.05) is 30.8 Å². The molecule has 1 aliphatic carbocycles. The molecule has 0 fully saturated rings. The maximum Gasteiger partial charge on any atom is 0.407 e. The number of hydrogen-bond donors (Lipinski definition) is 3. The zero-order valence-electron chi connectivity index (χ0n) is 25.0. The van der Waals surface area contributed by atoms with Gasteiger partial charge in [-0.05, 0) is 32.6 Å². The first-order chi connectivity index (χ1) is 18.7. The van der Waals surface area contributed by atoms with E-state index in [0.717, 1.165) is 11.1 Å². The Morgan fingerprint density at radius 3 is 2.48 bits per heavy atom. The number of rotatable bonds is 5. The van der Waals surface area contributed by atoms with Gasteiger partial charge in [0.15, 0.2) is 0 Å². The summed E-state index contributed by atoms with van der Waals surface area (Å²) >= 11 is 0. The predicted octanol–water partition coefficient (Wildman–Crippen LogP) is 4.94. The summed E-state index contributed by atoms with van der Waals surface area (Å²) in [7, 11) is 1.35. The molecule has 0 aromatic rings. The van der Waals surface area contributed by atoms with Crippen LogP contribution in [0.4, 0.5) is 4.79 Å². The molecule has 40 heavy (non-hydrogen) atoms. The fourth-order valence-electron chi connectivity index (χ4n) is 5.22. The van der Waals surface area contributed by atoms with Crippen molar-refractivity contribution in [3.05, 3.63) is 71.9 Å². The van der Waals surface area contributed by atoms with Gasteiger partial charge in [-0.15, -0.1) is 0 Å². The Kier molecular flexibility index (Phi) is 12.2. The molecule has 0 aromatic heterocycles. The molecule has 0 saturated heterocycles. The van der Waals surface area contributed by atoms with Crippen molar-refractivity contribution in [1.29, 1.82) is 0 Å². The van der Waals surface area contributed by atoms with E-state index < -0.39 is 36.2 Å². The molecule has 8 atom stereocenters. The quantitative estimate of drug-likeness (QED) is 0.328. The third-order valence-corrected chi connectivity index (χ3v) is 7.65. The number of allylic oxidation sites excluding steroid dienone is 9. The van der Waals surface area contributed by atoms with E-state index in [1.807, 2.05) is 58.1 Å². The van der Waals surface area contributed by atoms with Crippen LogP contribution in [0.25, 0.3) is 0 Å². The standard InChI is InChI=1S/C32H46N2O6/c1-20-10-9-11-28(36)40-30(23(4)29(37)24(5)33-25(6)35)22(3)13-12-21(2)18-26-14-15-27(34-31(38)39-8)19-32(26,7)17-16-20/h9-18,22-24,26-27,29-30,37H,19H2,1-8H3,(H,33,35)(H,34,38)/b11-9-,13-12-,17-16-,20-10-,21-18-/t22-,23-,24-,26-,27-,29+,30-,32-/m1/s1. The van der Waals surface area contributed by atoms with E-state index in [1.54, 1.807) is 13.0 Å². The number of aliphatic hydroxyl groups excluding tert-OH is 1. The predicted molar refractivity (Wildman–Crippen MR) is 157 cm³/mol. The van der Waals surface area contributed by atoms with E-state index in [-0.39, 0.29) is 29.2 Å². The van der Waals surface area contributed by atoms with Gasteiger partial charge < -0.3 is 25.2 Å². The Balaban J connectivity index is 2.47. The van der Waals surface area contributed by atoms with E-state index in [2.05, 4.69) is 35.8 Å². The number of carbonyl (C=O) groups is 3. The molecule has 0 unspecified atom stereocenters. The zero-order chi connectivity index (χ0) is 30.0. The van der Waals surface area contributed by atoms with E-state index in [1.165, 1.54) is 20.1 Å². The Labute approximate surface area is 239 Å². The molecule has 0 aromatic carbocycles. The summed E-state index contributed by atoms with van der Waals surface area (Å²) in [6, 6.07) is -0.675. The molecule has 0 radical (unpaired) electrons. The summed E-state index contributed by atoms with van der Waals surface area (Å²) in [5.41, 5.74) is 1.68. The van der Waals surface area contributed by atoms with Crippen molar-refractivity contribution < 1.29 is 29.0 Å². The molecule has 3 N–H and O–H groups in total. The first-order valence-electron chi connectivity index (χ1n) is 13.8. The smallest absolute Gasteiger partial charge is 0.407 e. The van der Waals surface area contributed by atoms with E-state index in [0.29, 0.717) is 6.42 Å². The molecule has 0 spiro atoms. The summed E-state index contributed by atoms with van der Waals surface area (Å²) in [5, 5.41) is 16.6. The van der Waals surface area contributed by atoms with Crippen molar-refractivity contribution in [1.82, 2.24) is 10.6 Å². The van der Waals surface area contributed by atoms with E-state index in [4.69, 9.17) is 9.47 Å². The second kappa shape index (κ2) is 14.8. The lowest BCUT2D eigenvalue weighted by Gasteiger charge is -2.38. The molecule has 8 nitrogen and oxygen atoms in total. The van der Waals surface area contributed by atoms with Crippen molar-refractivity contribution in [2.24, 2.45) is 23.2 Å². The van der Waals surface area contributed by atoms with Gasteiger partial charge in [0.2, 0.25) is 5.91 Å². The van der Waals surface area contributed by atoms with Crippen molar-refractivity contribution in [3.63, 3.8) is 0 Å². The van der Waals surface area contributed by atoms with Crippen molar-refractivity contribution in [3.8, 4) is 0 Å². The number of cyclic esters (lactones) is 1. The molecular weight excluding hydrogens is 508 g/mol. The average Bonchev–Trinajstić information content (AvgIpc) is 2.89. The van der Waals surface area contributed by atoms with Crippen LogP contribution in [0, 0.1) is 23.2 Å². The van der Waals surface area contributed by atoms with Gasteiger partial charge in [0.05, 0.1) is 25.3 Å². The number of carbonyl (C=O) groups excluding carboxylic acids is 3. The lowest BCUT2D eigenvalue weighted by Crippen LogP contribution is -2.48. The fraction of sp³-hybridized carbons (Fsp3) is 0.531. The molecule has 8 heteroatoms. The van der Waals surface area contributed by atoms with Crippen LogP contribution in [0.15, 0.2) is 71.9 Å².